The van der Waals surface area contributed by atoms with Crippen LogP contribution >= 0.6 is 11.3 Å². The maximum Gasteiger partial charge on any atom is 0.435 e. The predicted molar refractivity (Wildman–Crippen MR) is 87.6 cm³/mol. The number of quaternary nitrogens is 1. The van der Waals surface area contributed by atoms with Gasteiger partial charge in [0.15, 0.2) is 6.10 Å². The standard InChI is InChI=1S/C16H20N3O2S/c1-19(2)10-8-14(12-19)21-16(20)18-9-7-13(17-18)5-6-15-4-3-11-22-15/h3-7,9,11,14H,8,10,12H2,1-2H3/q+1/b6-5+. The van der Waals surface area contributed by atoms with Gasteiger partial charge in [0, 0.05) is 17.5 Å². The summed E-state index contributed by atoms with van der Waals surface area (Å²) < 4.78 is 7.69. The van der Waals surface area contributed by atoms with Crippen molar-refractivity contribution in [3.63, 3.8) is 0 Å². The number of ether oxygens (including phenoxy) is 1. The lowest BCUT2D eigenvalue weighted by atomic mass is 10.3. The molecule has 1 unspecified atom stereocenters. The van der Waals surface area contributed by atoms with E-state index in [1.807, 2.05) is 29.7 Å². The number of likely N-dealkylation sites (N-methyl/N-ethyl adjacent to an activating group) is 1. The first-order chi connectivity index (χ1) is 10.5. The van der Waals surface area contributed by atoms with Crippen LogP contribution in [0.2, 0.25) is 0 Å². The highest BCUT2D eigenvalue weighted by molar-refractivity contribution is 7.10. The Labute approximate surface area is 134 Å². The quantitative estimate of drug-likeness (QED) is 0.817. The molecule has 1 aliphatic rings. The molecule has 3 heterocycles. The molecule has 22 heavy (non-hydrogen) atoms. The Kier molecular flexibility index (Phi) is 4.13. The summed E-state index contributed by atoms with van der Waals surface area (Å²) in [6.45, 7) is 1.89. The highest BCUT2D eigenvalue weighted by Gasteiger charge is 2.33. The van der Waals surface area contributed by atoms with Crippen LogP contribution in [0.1, 0.15) is 17.0 Å². The second-order valence-electron chi connectivity index (χ2n) is 6.17. The molecule has 2 aromatic heterocycles. The molecule has 116 valence electrons. The third kappa shape index (κ3) is 3.64. The first-order valence-corrected chi connectivity index (χ1v) is 8.20. The summed E-state index contributed by atoms with van der Waals surface area (Å²) in [5.41, 5.74) is 0.743. The van der Waals surface area contributed by atoms with Gasteiger partial charge in [-0.2, -0.15) is 9.78 Å². The lowest BCUT2D eigenvalue weighted by Crippen LogP contribution is -2.38. The van der Waals surface area contributed by atoms with Crippen molar-refractivity contribution in [3.8, 4) is 0 Å². The minimum absolute atomic E-state index is 0.0168. The van der Waals surface area contributed by atoms with Gasteiger partial charge in [0.25, 0.3) is 0 Å². The highest BCUT2D eigenvalue weighted by Crippen LogP contribution is 2.17. The normalized spacial score (nSPS) is 20.5. The van der Waals surface area contributed by atoms with Crippen molar-refractivity contribution in [2.75, 3.05) is 27.2 Å². The van der Waals surface area contributed by atoms with Crippen molar-refractivity contribution < 1.29 is 14.0 Å². The molecule has 0 aliphatic carbocycles. The second-order valence-corrected chi connectivity index (χ2v) is 7.15. The molecule has 1 saturated heterocycles. The Morgan fingerprint density at radius 2 is 2.32 bits per heavy atom. The number of aromatic nitrogens is 2. The van der Waals surface area contributed by atoms with E-state index < -0.39 is 6.09 Å². The van der Waals surface area contributed by atoms with E-state index in [0.29, 0.717) is 0 Å². The summed E-state index contributed by atoms with van der Waals surface area (Å²) in [5.74, 6) is 0. The fraction of sp³-hybridized carbons (Fsp3) is 0.375. The topological polar surface area (TPSA) is 44.1 Å². The average Bonchev–Trinajstić information content (AvgIpc) is 3.17. The Balaban J connectivity index is 1.60. The van der Waals surface area contributed by atoms with E-state index in [2.05, 4.69) is 19.2 Å². The number of carbonyl (C=O) groups is 1. The van der Waals surface area contributed by atoms with Crippen LogP contribution in [0.15, 0.2) is 29.8 Å². The number of thiophene rings is 1. The largest absolute Gasteiger partial charge is 0.438 e. The molecule has 0 saturated carbocycles. The minimum atomic E-state index is -0.400. The first kappa shape index (κ1) is 15.0. The number of carbonyl (C=O) groups excluding carboxylic acids is 1. The summed E-state index contributed by atoms with van der Waals surface area (Å²) >= 11 is 1.66. The van der Waals surface area contributed by atoms with Gasteiger partial charge in [-0.05, 0) is 29.7 Å². The van der Waals surface area contributed by atoms with Crippen LogP contribution < -0.4 is 0 Å². The average molecular weight is 318 g/mol. The summed E-state index contributed by atoms with van der Waals surface area (Å²) in [6, 6.07) is 5.84. The van der Waals surface area contributed by atoms with Crippen molar-refractivity contribution in [2.45, 2.75) is 12.5 Å². The Bertz CT molecular complexity index is 673. The van der Waals surface area contributed by atoms with E-state index in [0.717, 1.165) is 34.6 Å². The Hall–Kier alpha value is -1.92. The SMILES string of the molecule is C[N+]1(C)CCC(OC(=O)n2ccc(/C=C/c3cccs3)n2)C1. The van der Waals surface area contributed by atoms with E-state index in [1.165, 1.54) is 4.68 Å². The molecule has 0 spiro atoms. The van der Waals surface area contributed by atoms with Crippen molar-refractivity contribution >= 4 is 29.6 Å². The Morgan fingerprint density at radius 1 is 1.45 bits per heavy atom. The molecule has 0 N–H and O–H groups in total. The maximum atomic E-state index is 12.1. The second kappa shape index (κ2) is 6.06. The van der Waals surface area contributed by atoms with E-state index in [-0.39, 0.29) is 6.10 Å². The van der Waals surface area contributed by atoms with Crippen LogP contribution in [0.25, 0.3) is 12.2 Å². The maximum absolute atomic E-state index is 12.1. The fourth-order valence-corrected chi connectivity index (χ4v) is 3.22. The zero-order chi connectivity index (χ0) is 15.6. The Morgan fingerprint density at radius 3 is 3.00 bits per heavy atom. The molecule has 0 radical (unpaired) electrons. The van der Waals surface area contributed by atoms with Gasteiger partial charge in [-0.3, -0.25) is 0 Å². The van der Waals surface area contributed by atoms with Crippen LogP contribution in [0.4, 0.5) is 4.79 Å². The van der Waals surface area contributed by atoms with Crippen LogP contribution in [0.3, 0.4) is 0 Å². The molecule has 0 aromatic carbocycles. The van der Waals surface area contributed by atoms with E-state index >= 15 is 0 Å². The molecule has 1 atom stereocenters. The van der Waals surface area contributed by atoms with Crippen molar-refractivity contribution in [3.05, 3.63) is 40.3 Å². The van der Waals surface area contributed by atoms with E-state index in [4.69, 9.17) is 4.74 Å². The number of hydrogen-bond acceptors (Lipinski definition) is 4. The fourth-order valence-electron chi connectivity index (χ4n) is 2.60. The first-order valence-electron chi connectivity index (χ1n) is 7.32. The van der Waals surface area contributed by atoms with Gasteiger partial charge in [-0.1, -0.05) is 6.07 Å². The molecule has 0 bridgehead atoms. The zero-order valence-electron chi connectivity index (χ0n) is 12.8. The summed E-state index contributed by atoms with van der Waals surface area (Å²) in [5, 5.41) is 6.27. The highest BCUT2D eigenvalue weighted by atomic mass is 32.1. The van der Waals surface area contributed by atoms with Gasteiger partial charge in [-0.25, -0.2) is 4.79 Å². The lowest BCUT2D eigenvalue weighted by Gasteiger charge is -2.22. The van der Waals surface area contributed by atoms with Gasteiger partial charge < -0.3 is 9.22 Å². The molecule has 1 fully saturated rings. The lowest BCUT2D eigenvalue weighted by molar-refractivity contribution is -0.879. The molecule has 3 rings (SSSR count). The number of rotatable bonds is 3. The molecule has 2 aromatic rings. The van der Waals surface area contributed by atoms with Crippen LogP contribution in [0, 0.1) is 0 Å². The minimum Gasteiger partial charge on any atom is -0.438 e. The van der Waals surface area contributed by atoms with E-state index in [9.17, 15) is 4.79 Å². The van der Waals surface area contributed by atoms with Crippen LogP contribution in [0.5, 0.6) is 0 Å². The van der Waals surface area contributed by atoms with E-state index in [1.54, 1.807) is 23.6 Å². The van der Waals surface area contributed by atoms with Gasteiger partial charge in [0.05, 0.1) is 26.3 Å². The summed E-state index contributed by atoms with van der Waals surface area (Å²) in [7, 11) is 4.30. The van der Waals surface area contributed by atoms with Crippen LogP contribution in [-0.2, 0) is 4.74 Å². The number of hydrogen-bond donors (Lipinski definition) is 0. The summed E-state index contributed by atoms with van der Waals surface area (Å²) in [6.07, 6.45) is 6.01. The molecule has 0 amide bonds. The number of likely N-dealkylation sites (tertiary alicyclic amines) is 1. The van der Waals surface area contributed by atoms with Crippen molar-refractivity contribution in [1.82, 2.24) is 9.78 Å². The summed E-state index contributed by atoms with van der Waals surface area (Å²) in [4.78, 5) is 13.3. The molecule has 1 aliphatic heterocycles. The molecule has 5 nitrogen and oxygen atoms in total. The van der Waals surface area contributed by atoms with Gasteiger partial charge in [0.2, 0.25) is 0 Å². The smallest absolute Gasteiger partial charge is 0.435 e. The molecule has 6 heteroatoms. The molecular weight excluding hydrogens is 298 g/mol. The third-order valence-corrected chi connectivity index (χ3v) is 4.62. The zero-order valence-corrected chi connectivity index (χ0v) is 13.6. The van der Waals surface area contributed by atoms with Crippen LogP contribution in [-0.4, -0.2) is 53.6 Å². The third-order valence-electron chi connectivity index (χ3n) is 3.78. The van der Waals surface area contributed by atoms with Crippen molar-refractivity contribution in [2.24, 2.45) is 0 Å². The van der Waals surface area contributed by atoms with Gasteiger partial charge in [0.1, 0.15) is 6.54 Å². The van der Waals surface area contributed by atoms with Crippen molar-refractivity contribution in [1.29, 1.82) is 0 Å². The number of nitrogens with zero attached hydrogens (tertiary/aromatic N) is 3. The molecular formula is C16H20N3O2S+. The predicted octanol–water partition coefficient (Wildman–Crippen LogP) is 2.95. The van der Waals surface area contributed by atoms with Gasteiger partial charge in [-0.15, -0.1) is 11.3 Å². The monoisotopic (exact) mass is 318 g/mol. The van der Waals surface area contributed by atoms with Gasteiger partial charge >= 0.3 is 6.09 Å².